The predicted molar refractivity (Wildman–Crippen MR) is 157 cm³/mol. The Morgan fingerprint density at radius 3 is 2.15 bits per heavy atom. The maximum atomic E-state index is 12.9. The van der Waals surface area contributed by atoms with Crippen molar-refractivity contribution in [3.63, 3.8) is 0 Å². The van der Waals surface area contributed by atoms with Gasteiger partial charge in [-0.05, 0) is 54.8 Å². The van der Waals surface area contributed by atoms with Crippen LogP contribution in [0.15, 0.2) is 42.5 Å². The van der Waals surface area contributed by atoms with Crippen molar-refractivity contribution in [3.05, 3.63) is 53.6 Å². The van der Waals surface area contributed by atoms with E-state index in [-0.39, 0.29) is 36.0 Å². The Hall–Kier alpha value is -3.51. The van der Waals surface area contributed by atoms with Crippen molar-refractivity contribution in [1.82, 2.24) is 0 Å². The lowest BCUT2D eigenvalue weighted by Crippen LogP contribution is -2.65. The van der Waals surface area contributed by atoms with Gasteiger partial charge in [-0.25, -0.2) is 4.79 Å². The number of rotatable bonds is 12. The Kier molecular flexibility index (Phi) is 12.2. The number of ether oxygens (including phenoxy) is 7. The maximum absolute atomic E-state index is 12.9. The summed E-state index contributed by atoms with van der Waals surface area (Å²) in [6.07, 6.45) is -12.1. The molecule has 2 fully saturated rings. The van der Waals surface area contributed by atoms with Crippen LogP contribution in [0, 0.1) is 0 Å². The van der Waals surface area contributed by atoms with Crippen LogP contribution in [0.5, 0.6) is 23.0 Å². The molecule has 2 aliphatic rings. The number of phenolic OH excluding ortho intramolecular Hbond substituents is 2. The number of aliphatic hydroxyl groups excluding tert-OH is 5. The first-order valence-electron chi connectivity index (χ1n) is 14.5. The summed E-state index contributed by atoms with van der Waals surface area (Å²) >= 11 is 0. The van der Waals surface area contributed by atoms with Gasteiger partial charge < -0.3 is 68.9 Å². The van der Waals surface area contributed by atoms with Crippen LogP contribution >= 0.6 is 0 Å². The van der Waals surface area contributed by atoms with Crippen LogP contribution < -0.4 is 9.47 Å². The van der Waals surface area contributed by atoms with E-state index in [1.165, 1.54) is 45.4 Å². The Morgan fingerprint density at radius 1 is 0.848 bits per heavy atom. The van der Waals surface area contributed by atoms with Gasteiger partial charge in [0.2, 0.25) is 0 Å². The zero-order valence-corrected chi connectivity index (χ0v) is 25.4. The van der Waals surface area contributed by atoms with Crippen LogP contribution in [0.25, 0.3) is 6.08 Å². The van der Waals surface area contributed by atoms with Gasteiger partial charge in [0.05, 0.1) is 33.5 Å². The van der Waals surface area contributed by atoms with E-state index in [9.17, 15) is 40.5 Å². The van der Waals surface area contributed by atoms with E-state index < -0.39 is 74.0 Å². The van der Waals surface area contributed by atoms with Crippen molar-refractivity contribution >= 4 is 12.0 Å². The molecule has 2 saturated heterocycles. The molecule has 0 saturated carbocycles. The molecule has 7 N–H and O–H groups in total. The molecular weight excluding hydrogens is 612 g/mol. The highest BCUT2D eigenvalue weighted by molar-refractivity contribution is 5.87. The fraction of sp³-hybridized carbons (Fsp3) is 0.516. The Morgan fingerprint density at radius 2 is 1.52 bits per heavy atom. The predicted octanol–water partition coefficient (Wildman–Crippen LogP) is -0.410. The largest absolute Gasteiger partial charge is 0.504 e. The van der Waals surface area contributed by atoms with Gasteiger partial charge in [0.1, 0.15) is 36.6 Å². The van der Waals surface area contributed by atoms with Gasteiger partial charge in [-0.1, -0.05) is 12.1 Å². The smallest absolute Gasteiger partial charge is 0.331 e. The van der Waals surface area contributed by atoms with Gasteiger partial charge in [-0.2, -0.15) is 0 Å². The summed E-state index contributed by atoms with van der Waals surface area (Å²) in [6, 6.07) is 9.21. The Balaban J connectivity index is 1.52. The third-order valence-electron chi connectivity index (χ3n) is 7.68. The third-order valence-corrected chi connectivity index (χ3v) is 7.68. The summed E-state index contributed by atoms with van der Waals surface area (Å²) in [5.74, 6) is -0.637. The molecule has 2 heterocycles. The first kappa shape index (κ1) is 35.3. The van der Waals surface area contributed by atoms with Gasteiger partial charge in [-0.3, -0.25) is 0 Å². The Labute approximate surface area is 264 Å². The summed E-state index contributed by atoms with van der Waals surface area (Å²) in [5.41, 5.74) is 1.11. The number of benzene rings is 2. The molecule has 15 heteroatoms. The summed E-state index contributed by atoms with van der Waals surface area (Å²) in [7, 11) is 2.81. The minimum atomic E-state index is -1.75. The van der Waals surface area contributed by atoms with Crippen molar-refractivity contribution in [2.75, 3.05) is 27.4 Å². The van der Waals surface area contributed by atoms with Gasteiger partial charge in [-0.15, -0.1) is 0 Å². The number of carbonyl (C=O) groups excluding carboxylic acids is 1. The first-order valence-corrected chi connectivity index (χ1v) is 14.5. The highest BCUT2D eigenvalue weighted by Crippen LogP contribution is 2.32. The molecule has 2 aromatic carbocycles. The van der Waals surface area contributed by atoms with Crippen molar-refractivity contribution in [2.24, 2.45) is 0 Å². The molecule has 0 aliphatic carbocycles. The topological polar surface area (TPSA) is 223 Å². The van der Waals surface area contributed by atoms with Crippen LogP contribution in [0.4, 0.5) is 0 Å². The molecule has 4 rings (SSSR count). The van der Waals surface area contributed by atoms with Gasteiger partial charge in [0.25, 0.3) is 0 Å². The van der Waals surface area contributed by atoms with E-state index in [0.29, 0.717) is 11.1 Å². The second kappa shape index (κ2) is 15.9. The number of aromatic hydroxyl groups is 2. The SMILES string of the molecule is COc1ccc(/C=C/C(=O)O[C@H]2[C@@H](O[C@H]3O[C@@H](C)[C@@H](O)[C@@H](O)[C@H]3O)[C@@H](O)[C@H](OCCc3ccc(OC)c(O)c3)O[C@H]2CO)cc1O. The zero-order valence-electron chi connectivity index (χ0n) is 25.4. The highest BCUT2D eigenvalue weighted by atomic mass is 16.7. The molecular formula is C31H40O15. The summed E-state index contributed by atoms with van der Waals surface area (Å²) in [4.78, 5) is 12.9. The van der Waals surface area contributed by atoms with E-state index in [4.69, 9.17) is 33.2 Å². The quantitative estimate of drug-likeness (QED) is 0.114. The van der Waals surface area contributed by atoms with Crippen LogP contribution in [0.2, 0.25) is 0 Å². The second-order valence-corrected chi connectivity index (χ2v) is 10.8. The van der Waals surface area contributed by atoms with E-state index in [0.717, 1.165) is 6.08 Å². The molecule has 0 unspecified atom stereocenters. The molecule has 2 aromatic rings. The van der Waals surface area contributed by atoms with Crippen molar-refractivity contribution in [2.45, 2.75) is 74.8 Å². The van der Waals surface area contributed by atoms with Gasteiger partial charge in [0, 0.05) is 6.08 Å². The second-order valence-electron chi connectivity index (χ2n) is 10.8. The lowest BCUT2D eigenvalue weighted by Gasteiger charge is -2.46. The summed E-state index contributed by atoms with van der Waals surface area (Å²) < 4.78 is 38.5. The van der Waals surface area contributed by atoms with E-state index >= 15 is 0 Å². The fourth-order valence-electron chi connectivity index (χ4n) is 5.09. The average Bonchev–Trinajstić information content (AvgIpc) is 3.04. The van der Waals surface area contributed by atoms with E-state index in [1.54, 1.807) is 18.2 Å². The van der Waals surface area contributed by atoms with Crippen molar-refractivity contribution in [1.29, 1.82) is 0 Å². The molecule has 0 amide bonds. The molecule has 0 spiro atoms. The molecule has 2 aliphatic heterocycles. The average molecular weight is 653 g/mol. The third kappa shape index (κ3) is 8.25. The Bertz CT molecular complexity index is 1340. The molecule has 10 atom stereocenters. The zero-order chi connectivity index (χ0) is 33.5. The number of aliphatic hydroxyl groups is 5. The molecule has 15 nitrogen and oxygen atoms in total. The normalized spacial score (nSPS) is 31.5. The molecule has 46 heavy (non-hydrogen) atoms. The first-order chi connectivity index (χ1) is 22.0. The minimum absolute atomic E-state index is 0.0231. The summed E-state index contributed by atoms with van der Waals surface area (Å²) in [5, 5.41) is 72.5. The lowest BCUT2D eigenvalue weighted by atomic mass is 9.97. The standard InChI is InChI=1S/C31H40O15/c1-15-24(36)25(37)26(38)31(43-15)46-29-27(39)30(42-11-10-17-5-8-21(41-3)19(34)13-17)44-22(14-32)28(29)45-23(35)9-6-16-4-7-20(40-2)18(33)12-16/h4-9,12-13,15,22,24-34,36-39H,10-11,14H2,1-3H3/b9-6+/t15-,22-,24+,25+,26+,27+,28+,29-,30+,31+/m0/s1. The molecule has 0 aromatic heterocycles. The van der Waals surface area contributed by atoms with Crippen molar-refractivity contribution < 1.29 is 73.7 Å². The maximum Gasteiger partial charge on any atom is 0.331 e. The van der Waals surface area contributed by atoms with Crippen LogP contribution in [0.1, 0.15) is 18.1 Å². The van der Waals surface area contributed by atoms with Gasteiger partial charge >= 0.3 is 5.97 Å². The molecule has 0 radical (unpaired) electrons. The van der Waals surface area contributed by atoms with Crippen LogP contribution in [0.3, 0.4) is 0 Å². The van der Waals surface area contributed by atoms with Crippen molar-refractivity contribution in [3.8, 4) is 23.0 Å². The highest BCUT2D eigenvalue weighted by Gasteiger charge is 2.52. The van der Waals surface area contributed by atoms with Crippen LogP contribution in [-0.2, 0) is 34.9 Å². The summed E-state index contributed by atoms with van der Waals surface area (Å²) in [6.45, 7) is 0.707. The minimum Gasteiger partial charge on any atom is -0.504 e. The number of hydrogen-bond donors (Lipinski definition) is 7. The number of phenols is 2. The van der Waals surface area contributed by atoms with Crippen LogP contribution in [-0.4, -0.2) is 131 Å². The number of methoxy groups -OCH3 is 2. The van der Waals surface area contributed by atoms with E-state index in [2.05, 4.69) is 0 Å². The number of esters is 1. The molecule has 0 bridgehead atoms. The number of carbonyl (C=O) groups is 1. The monoisotopic (exact) mass is 652 g/mol. The van der Waals surface area contributed by atoms with E-state index in [1.807, 2.05) is 0 Å². The number of hydrogen-bond acceptors (Lipinski definition) is 15. The fourth-order valence-corrected chi connectivity index (χ4v) is 5.09. The molecule has 254 valence electrons. The van der Waals surface area contributed by atoms with Gasteiger partial charge in [0.15, 0.2) is 41.7 Å². The lowest BCUT2D eigenvalue weighted by molar-refractivity contribution is -0.357.